The van der Waals surface area contributed by atoms with Crippen molar-refractivity contribution in [3.8, 4) is 67.2 Å². The van der Waals surface area contributed by atoms with E-state index < -0.39 is 0 Å². The van der Waals surface area contributed by atoms with Gasteiger partial charge in [-0.25, -0.2) is 4.98 Å². The van der Waals surface area contributed by atoms with Crippen molar-refractivity contribution < 1.29 is 20.1 Å². The molecule has 3 heteroatoms. The van der Waals surface area contributed by atoms with Crippen molar-refractivity contribution in [3.05, 3.63) is 181 Å². The molecule has 0 N–H and O–H groups in total. The van der Waals surface area contributed by atoms with Crippen LogP contribution in [0, 0.1) is 6.07 Å². The Morgan fingerprint density at radius 1 is 0.440 bits per heavy atom. The number of fused-ring (bicyclic) bond motifs is 4. The van der Waals surface area contributed by atoms with Crippen LogP contribution in [0.1, 0.15) is 25.0 Å². The Kier molecular flexibility index (Phi) is 8.11. The fourth-order valence-electron chi connectivity index (χ4n) is 7.40. The first kappa shape index (κ1) is 31.8. The maximum absolute atomic E-state index is 5.27. The molecule has 0 aliphatic heterocycles. The zero-order valence-corrected chi connectivity index (χ0v) is 30.2. The van der Waals surface area contributed by atoms with Gasteiger partial charge >= 0.3 is 0 Å². The molecular weight excluding hydrogens is 785 g/mol. The minimum Gasteiger partial charge on any atom is -0.296 e. The second-order valence-electron chi connectivity index (χ2n) is 13.4. The molecule has 6 aromatic carbocycles. The van der Waals surface area contributed by atoms with E-state index in [9.17, 15) is 0 Å². The van der Waals surface area contributed by atoms with Crippen LogP contribution in [0.15, 0.2) is 164 Å². The SMILES string of the molecule is CC1(C)c2ccccc2-c2c[c-]c(-c3cc(-c4ccccc4)c4cc(-c5cc(-c6ccccc6)cc(-c6ccccc6)n5)ccc4n3)cc21.[Ir]. The van der Waals surface area contributed by atoms with E-state index in [1.54, 1.807) is 0 Å². The van der Waals surface area contributed by atoms with Crippen LogP contribution in [0.5, 0.6) is 0 Å². The smallest absolute Gasteiger partial charge is 0.0715 e. The molecule has 241 valence electrons. The topological polar surface area (TPSA) is 25.8 Å². The molecular formula is C47H33IrN2-. The molecule has 0 fully saturated rings. The third kappa shape index (κ3) is 5.50. The normalized spacial score (nSPS) is 12.6. The van der Waals surface area contributed by atoms with Crippen molar-refractivity contribution in [2.24, 2.45) is 0 Å². The summed E-state index contributed by atoms with van der Waals surface area (Å²) < 4.78 is 0. The molecule has 1 radical (unpaired) electrons. The van der Waals surface area contributed by atoms with Gasteiger partial charge in [0.1, 0.15) is 0 Å². The van der Waals surface area contributed by atoms with Gasteiger partial charge in [-0.3, -0.25) is 4.98 Å². The summed E-state index contributed by atoms with van der Waals surface area (Å²) >= 11 is 0. The van der Waals surface area contributed by atoms with E-state index >= 15 is 0 Å². The predicted octanol–water partition coefficient (Wildman–Crippen LogP) is 12.1. The first-order valence-corrected chi connectivity index (χ1v) is 16.8. The van der Waals surface area contributed by atoms with Gasteiger partial charge in [-0.2, -0.15) is 0 Å². The molecule has 0 amide bonds. The molecule has 2 heterocycles. The largest absolute Gasteiger partial charge is 0.296 e. The standard InChI is InChI=1S/C47H33N2.Ir/c1-47(2)41-21-13-12-20-37(41)38-24-22-35(27-42(38)47)46-30-39(32-16-8-4-9-17-32)40-26-34(23-25-43(40)48-46)45-29-36(31-14-6-3-7-15-31)28-44(49-45)33-18-10-5-11-19-33;/h3-21,23-30H,1-2H3;/q-1;. The quantitative estimate of drug-likeness (QED) is 0.162. The Morgan fingerprint density at radius 2 is 1.06 bits per heavy atom. The van der Waals surface area contributed by atoms with Gasteiger partial charge in [0.25, 0.3) is 0 Å². The molecule has 0 saturated heterocycles. The average Bonchev–Trinajstić information content (AvgIpc) is 3.40. The van der Waals surface area contributed by atoms with Gasteiger partial charge in [0.15, 0.2) is 0 Å². The summed E-state index contributed by atoms with van der Waals surface area (Å²) in [7, 11) is 0. The van der Waals surface area contributed by atoms with E-state index in [0.29, 0.717) is 0 Å². The summed E-state index contributed by atoms with van der Waals surface area (Å²) in [4.78, 5) is 10.5. The number of hydrogen-bond acceptors (Lipinski definition) is 2. The van der Waals surface area contributed by atoms with Crippen LogP contribution in [0.25, 0.3) is 78.1 Å². The maximum atomic E-state index is 5.27. The van der Waals surface area contributed by atoms with Gasteiger partial charge in [-0.05, 0) is 63.2 Å². The second-order valence-corrected chi connectivity index (χ2v) is 13.4. The molecule has 1 aliphatic rings. The first-order valence-electron chi connectivity index (χ1n) is 16.8. The second kappa shape index (κ2) is 12.8. The van der Waals surface area contributed by atoms with E-state index in [1.807, 2.05) is 6.07 Å². The number of rotatable bonds is 5. The fraction of sp³-hybridized carbons (Fsp3) is 0.0638. The molecule has 2 nitrogen and oxygen atoms in total. The van der Waals surface area contributed by atoms with Gasteiger partial charge in [0.2, 0.25) is 0 Å². The molecule has 9 rings (SSSR count). The first-order chi connectivity index (χ1) is 24.0. The van der Waals surface area contributed by atoms with Crippen LogP contribution in [0.4, 0.5) is 0 Å². The van der Waals surface area contributed by atoms with E-state index in [0.717, 1.165) is 66.9 Å². The number of hydrogen-bond donors (Lipinski definition) is 0. The molecule has 8 aromatic rings. The van der Waals surface area contributed by atoms with Crippen LogP contribution in [0.3, 0.4) is 0 Å². The van der Waals surface area contributed by atoms with Crippen molar-refractivity contribution >= 4 is 10.9 Å². The third-order valence-corrected chi connectivity index (χ3v) is 9.98. The summed E-state index contributed by atoms with van der Waals surface area (Å²) in [5.74, 6) is 0. The van der Waals surface area contributed by atoms with E-state index in [1.165, 1.54) is 22.3 Å². The van der Waals surface area contributed by atoms with Crippen molar-refractivity contribution in [1.29, 1.82) is 0 Å². The number of benzene rings is 6. The number of pyridine rings is 2. The minimum absolute atomic E-state index is 0. The average molecular weight is 818 g/mol. The zero-order valence-electron chi connectivity index (χ0n) is 27.8. The maximum Gasteiger partial charge on any atom is 0.0715 e. The van der Waals surface area contributed by atoms with Crippen LogP contribution >= 0.6 is 0 Å². The molecule has 0 bridgehead atoms. The van der Waals surface area contributed by atoms with E-state index in [2.05, 4.69) is 178 Å². The van der Waals surface area contributed by atoms with E-state index in [-0.39, 0.29) is 25.5 Å². The Labute approximate surface area is 306 Å². The zero-order chi connectivity index (χ0) is 33.0. The fourth-order valence-corrected chi connectivity index (χ4v) is 7.40. The number of aromatic nitrogens is 2. The van der Waals surface area contributed by atoms with E-state index in [4.69, 9.17) is 9.97 Å². The molecule has 0 saturated carbocycles. The Balaban J connectivity index is 0.00000361. The Hall–Kier alpha value is -5.47. The summed E-state index contributed by atoms with van der Waals surface area (Å²) in [6.45, 7) is 4.63. The van der Waals surface area contributed by atoms with Crippen molar-refractivity contribution in [2.75, 3.05) is 0 Å². The molecule has 0 atom stereocenters. The molecule has 1 aliphatic carbocycles. The van der Waals surface area contributed by atoms with Gasteiger partial charge in [0, 0.05) is 36.6 Å². The predicted molar refractivity (Wildman–Crippen MR) is 203 cm³/mol. The summed E-state index contributed by atoms with van der Waals surface area (Å²) in [6.07, 6.45) is 0. The molecule has 0 spiro atoms. The number of nitrogens with zero attached hydrogens (tertiary/aromatic N) is 2. The minimum atomic E-state index is -0.0936. The molecule has 0 unspecified atom stereocenters. The van der Waals surface area contributed by atoms with Crippen molar-refractivity contribution in [1.82, 2.24) is 9.97 Å². The van der Waals surface area contributed by atoms with Crippen LogP contribution < -0.4 is 0 Å². The van der Waals surface area contributed by atoms with Gasteiger partial charge in [-0.15, -0.1) is 29.3 Å². The van der Waals surface area contributed by atoms with Crippen LogP contribution in [-0.4, -0.2) is 9.97 Å². The summed E-state index contributed by atoms with van der Waals surface area (Å²) in [5.41, 5.74) is 16.6. The van der Waals surface area contributed by atoms with Gasteiger partial charge in [0.05, 0.1) is 16.9 Å². The summed E-state index contributed by atoms with van der Waals surface area (Å²) in [6, 6.07) is 61.6. The van der Waals surface area contributed by atoms with Gasteiger partial charge in [-0.1, -0.05) is 152 Å². The molecule has 2 aromatic heterocycles. The monoisotopic (exact) mass is 818 g/mol. The Morgan fingerprint density at radius 3 is 1.78 bits per heavy atom. The van der Waals surface area contributed by atoms with Crippen LogP contribution in [-0.2, 0) is 25.5 Å². The van der Waals surface area contributed by atoms with Crippen LogP contribution in [0.2, 0.25) is 0 Å². The summed E-state index contributed by atoms with van der Waals surface area (Å²) in [5, 5.41) is 1.09. The molecule has 50 heavy (non-hydrogen) atoms. The van der Waals surface area contributed by atoms with Crippen molar-refractivity contribution in [3.63, 3.8) is 0 Å². The van der Waals surface area contributed by atoms with Gasteiger partial charge < -0.3 is 0 Å². The van der Waals surface area contributed by atoms with Crippen molar-refractivity contribution in [2.45, 2.75) is 19.3 Å². The third-order valence-electron chi connectivity index (χ3n) is 9.98. The Bertz CT molecular complexity index is 2450.